The van der Waals surface area contributed by atoms with E-state index in [1.54, 1.807) is 6.20 Å². The Labute approximate surface area is 38.2 Å². The highest BCUT2D eigenvalue weighted by molar-refractivity contribution is 7.41. The van der Waals surface area contributed by atoms with Crippen LogP contribution in [0.5, 0.6) is 0 Å². The zero-order valence-electron chi connectivity index (χ0n) is 3.22. The van der Waals surface area contributed by atoms with E-state index >= 15 is 0 Å². The second-order valence-electron chi connectivity index (χ2n) is 1.10. The molecule has 0 spiro atoms. The molecule has 0 saturated carbocycles. The minimum Gasteiger partial charge on any atom is -0.758 e. The molecular formula is C3H5NOP-. The Morgan fingerprint density at radius 3 is 2.83 bits per heavy atom. The van der Waals surface area contributed by atoms with Gasteiger partial charge in [0.05, 0.1) is 0 Å². The normalized spacial score (nSPS) is 23.8. The summed E-state index contributed by atoms with van der Waals surface area (Å²) >= 11 is 0. The van der Waals surface area contributed by atoms with Crippen LogP contribution in [0.2, 0.25) is 0 Å². The largest absolute Gasteiger partial charge is 0.758 e. The van der Waals surface area contributed by atoms with E-state index in [-0.39, 0.29) is 0 Å². The highest BCUT2D eigenvalue weighted by Gasteiger charge is 1.86. The van der Waals surface area contributed by atoms with Crippen LogP contribution in [0, 0.1) is 5.21 Å². The summed E-state index contributed by atoms with van der Waals surface area (Å²) in [5, 5.41) is 11.0. The Bertz CT molecular complexity index is 73.2. The molecule has 1 aliphatic rings. The first-order valence-corrected chi connectivity index (χ1v) is 3.02. The first kappa shape index (κ1) is 4.10. The number of hydrogen-bond donors (Lipinski definition) is 0. The summed E-state index contributed by atoms with van der Waals surface area (Å²) in [5.74, 6) is 1.90. The van der Waals surface area contributed by atoms with Gasteiger partial charge in [-0.25, -0.2) is 0 Å². The molecule has 0 N–H and O–H groups in total. The molecule has 0 aromatic heterocycles. The molecular weight excluding hydrogens is 97.0 g/mol. The van der Waals surface area contributed by atoms with E-state index in [0.717, 1.165) is 13.6 Å². The highest BCUT2D eigenvalue weighted by atomic mass is 31.1. The molecule has 0 bridgehead atoms. The third kappa shape index (κ3) is 0.703. The summed E-state index contributed by atoms with van der Waals surface area (Å²) in [6.07, 6.45) is 2.25. The van der Waals surface area contributed by atoms with E-state index in [2.05, 4.69) is 0 Å². The number of hydroxylamine groups is 2. The Morgan fingerprint density at radius 1 is 1.83 bits per heavy atom. The molecule has 6 heavy (non-hydrogen) atoms. The minimum absolute atomic E-state index is 0.681. The number of hydrogen-bond acceptors (Lipinski definition) is 2. The fourth-order valence-electron chi connectivity index (χ4n) is 0.331. The van der Waals surface area contributed by atoms with Crippen LogP contribution in [0.15, 0.2) is 12.0 Å². The molecule has 0 aliphatic carbocycles. The van der Waals surface area contributed by atoms with Gasteiger partial charge >= 0.3 is 0 Å². The monoisotopic (exact) mass is 102 g/mol. The second kappa shape index (κ2) is 1.59. The maximum absolute atomic E-state index is 10.1. The molecule has 0 amide bonds. The zero-order chi connectivity index (χ0) is 4.41. The lowest BCUT2D eigenvalue weighted by Crippen LogP contribution is -1.98. The van der Waals surface area contributed by atoms with Gasteiger partial charge in [-0.1, -0.05) is 8.58 Å². The molecule has 1 unspecified atom stereocenters. The van der Waals surface area contributed by atoms with Gasteiger partial charge in [0.1, 0.15) is 0 Å². The number of nitrogens with zero attached hydrogens (tertiary/aromatic N) is 1. The Kier molecular flexibility index (Phi) is 1.08. The van der Waals surface area contributed by atoms with Crippen molar-refractivity contribution in [2.24, 2.45) is 0 Å². The molecule has 3 heteroatoms. The standard InChI is InChI=1S/C3H5NOP/c5-4-1-2-6-3-4/h1-2,6H,3H2/q-1. The predicted molar refractivity (Wildman–Crippen MR) is 27.5 cm³/mol. The zero-order valence-corrected chi connectivity index (χ0v) is 4.22. The molecule has 34 valence electrons. The van der Waals surface area contributed by atoms with Crippen LogP contribution in [0.4, 0.5) is 0 Å². The minimum atomic E-state index is 0.681. The smallest absolute Gasteiger partial charge is 0.0266 e. The first-order chi connectivity index (χ1) is 2.89. The van der Waals surface area contributed by atoms with Gasteiger partial charge in [-0.05, 0) is 12.0 Å². The van der Waals surface area contributed by atoms with Crippen LogP contribution >= 0.6 is 8.58 Å². The third-order valence-electron chi connectivity index (χ3n) is 0.606. The van der Waals surface area contributed by atoms with Crippen LogP contribution in [-0.2, 0) is 0 Å². The molecule has 1 rings (SSSR count). The molecule has 2 nitrogen and oxygen atoms in total. The summed E-state index contributed by atoms with van der Waals surface area (Å²) in [4.78, 5) is 0. The van der Waals surface area contributed by atoms with E-state index in [4.69, 9.17) is 0 Å². The van der Waals surface area contributed by atoms with E-state index in [9.17, 15) is 5.21 Å². The van der Waals surface area contributed by atoms with Gasteiger partial charge in [-0.15, -0.1) is 0 Å². The summed E-state index contributed by atoms with van der Waals surface area (Å²) in [6, 6.07) is 0. The summed E-state index contributed by atoms with van der Waals surface area (Å²) in [5.41, 5.74) is 0. The molecule has 1 aliphatic heterocycles. The van der Waals surface area contributed by atoms with Crippen LogP contribution in [-0.4, -0.2) is 11.3 Å². The molecule has 1 atom stereocenters. The lowest BCUT2D eigenvalue weighted by molar-refractivity contribution is 0.616. The SMILES string of the molecule is [O-]N1C=CPC1. The van der Waals surface area contributed by atoms with Gasteiger partial charge in [0.15, 0.2) is 0 Å². The maximum atomic E-state index is 10.1. The average molecular weight is 102 g/mol. The quantitative estimate of drug-likeness (QED) is 0.425. The van der Waals surface area contributed by atoms with Crippen molar-refractivity contribution in [3.63, 3.8) is 0 Å². The Morgan fingerprint density at radius 2 is 2.67 bits per heavy atom. The first-order valence-electron chi connectivity index (χ1n) is 1.73. The number of rotatable bonds is 0. The van der Waals surface area contributed by atoms with E-state index in [1.807, 2.05) is 5.82 Å². The molecule has 0 aromatic rings. The van der Waals surface area contributed by atoms with E-state index in [1.165, 1.54) is 0 Å². The van der Waals surface area contributed by atoms with Crippen molar-refractivity contribution < 1.29 is 0 Å². The van der Waals surface area contributed by atoms with Crippen molar-refractivity contribution in [1.29, 1.82) is 0 Å². The van der Waals surface area contributed by atoms with Crippen molar-refractivity contribution in [1.82, 2.24) is 5.06 Å². The van der Waals surface area contributed by atoms with Gasteiger partial charge in [0.25, 0.3) is 0 Å². The third-order valence-corrected chi connectivity index (χ3v) is 1.48. The lowest BCUT2D eigenvalue weighted by atomic mass is 11.0. The maximum Gasteiger partial charge on any atom is 0.0266 e. The summed E-state index contributed by atoms with van der Waals surface area (Å²) < 4.78 is 0. The van der Waals surface area contributed by atoms with Gasteiger partial charge in [0.2, 0.25) is 0 Å². The fourth-order valence-corrected chi connectivity index (χ4v) is 0.994. The van der Waals surface area contributed by atoms with Crippen molar-refractivity contribution in [2.75, 3.05) is 6.29 Å². The predicted octanol–water partition coefficient (Wildman–Crippen LogP) is 0.907. The fraction of sp³-hybridized carbons (Fsp3) is 0.333. The molecule has 0 saturated heterocycles. The van der Waals surface area contributed by atoms with E-state index in [0.29, 0.717) is 6.29 Å². The molecule has 0 radical (unpaired) electrons. The summed E-state index contributed by atoms with van der Waals surface area (Å²) in [6.45, 7) is 0. The van der Waals surface area contributed by atoms with Crippen LogP contribution in [0.3, 0.4) is 0 Å². The average Bonchev–Trinajstić information content (AvgIpc) is 1.86. The van der Waals surface area contributed by atoms with Crippen LogP contribution < -0.4 is 0 Å². The van der Waals surface area contributed by atoms with Gasteiger partial charge in [0, 0.05) is 6.29 Å². The molecule has 0 aromatic carbocycles. The van der Waals surface area contributed by atoms with E-state index < -0.39 is 0 Å². The molecule has 1 heterocycles. The highest BCUT2D eigenvalue weighted by Crippen LogP contribution is 2.19. The van der Waals surface area contributed by atoms with Crippen molar-refractivity contribution in [2.45, 2.75) is 0 Å². The van der Waals surface area contributed by atoms with Crippen molar-refractivity contribution in [3.05, 3.63) is 17.2 Å². The van der Waals surface area contributed by atoms with Crippen LogP contribution in [0.1, 0.15) is 0 Å². The van der Waals surface area contributed by atoms with Crippen LogP contribution in [0.25, 0.3) is 0 Å². The molecule has 0 fully saturated rings. The van der Waals surface area contributed by atoms with Gasteiger partial charge < -0.3 is 10.3 Å². The second-order valence-corrected chi connectivity index (χ2v) is 2.15. The Hall–Kier alpha value is -0.0700. The van der Waals surface area contributed by atoms with Crippen molar-refractivity contribution >= 4 is 8.58 Å². The van der Waals surface area contributed by atoms with Crippen molar-refractivity contribution in [3.8, 4) is 0 Å². The topological polar surface area (TPSA) is 26.3 Å². The van der Waals surface area contributed by atoms with Gasteiger partial charge in [-0.2, -0.15) is 0 Å². The lowest BCUT2D eigenvalue weighted by Gasteiger charge is -2.19. The summed E-state index contributed by atoms with van der Waals surface area (Å²) in [7, 11) is 0.722. The van der Waals surface area contributed by atoms with Gasteiger partial charge in [-0.3, -0.25) is 0 Å². The Balaban J connectivity index is 2.38.